The fourth-order valence-corrected chi connectivity index (χ4v) is 5.88. The summed E-state index contributed by atoms with van der Waals surface area (Å²) in [5.74, 6) is -1.23. The molecule has 0 unspecified atom stereocenters. The van der Waals surface area contributed by atoms with Crippen LogP contribution in [-0.4, -0.2) is 97.8 Å². The van der Waals surface area contributed by atoms with Gasteiger partial charge in [-0.1, -0.05) is 18.5 Å². The van der Waals surface area contributed by atoms with Crippen LogP contribution in [0, 0.1) is 6.92 Å². The van der Waals surface area contributed by atoms with E-state index in [1.165, 1.54) is 22.6 Å². The molecule has 18 heteroatoms. The van der Waals surface area contributed by atoms with Gasteiger partial charge in [-0.15, -0.1) is 0 Å². The molecule has 4 aromatic rings. The van der Waals surface area contributed by atoms with E-state index in [1.807, 2.05) is 0 Å². The van der Waals surface area contributed by atoms with E-state index in [0.717, 1.165) is 18.5 Å². The predicted octanol–water partition coefficient (Wildman–Crippen LogP) is 2.86. The van der Waals surface area contributed by atoms with Crippen molar-refractivity contribution in [3.8, 4) is 5.75 Å². The summed E-state index contributed by atoms with van der Waals surface area (Å²) in [7, 11) is 3.43. The van der Waals surface area contributed by atoms with Crippen LogP contribution >= 0.6 is 11.6 Å². The first-order chi connectivity index (χ1) is 23.2. The number of aromatic nitrogens is 5. The van der Waals surface area contributed by atoms with Gasteiger partial charge in [0.15, 0.2) is 22.6 Å². The number of nitrogens with one attached hydrogen (secondary N) is 1. The molecule has 3 aromatic heterocycles. The third-order valence-electron chi connectivity index (χ3n) is 8.17. The number of nitrogens with zero attached hydrogens (tertiary/aromatic N) is 8. The number of fused-ring (bicyclic) bond motifs is 1. The number of aryl methyl sites for hydroxylation is 1. The number of amides is 2. The van der Waals surface area contributed by atoms with E-state index < -0.39 is 48.2 Å². The van der Waals surface area contributed by atoms with E-state index in [9.17, 15) is 37.8 Å². The molecule has 14 nitrogen and oxygen atoms in total. The highest BCUT2D eigenvalue weighted by Gasteiger charge is 2.35. The second-order valence-corrected chi connectivity index (χ2v) is 11.9. The lowest BCUT2D eigenvalue weighted by molar-refractivity contribution is -0.137. The summed E-state index contributed by atoms with van der Waals surface area (Å²) in [6, 6.07) is 1.78. The van der Waals surface area contributed by atoms with Gasteiger partial charge < -0.3 is 34.8 Å². The number of piperazine rings is 1. The summed E-state index contributed by atoms with van der Waals surface area (Å²) in [5, 5.41) is 23.1. The first-order valence-electron chi connectivity index (χ1n) is 15.1. The molecule has 1 aromatic carbocycles. The Morgan fingerprint density at radius 3 is 2.53 bits per heavy atom. The first-order valence-corrected chi connectivity index (χ1v) is 15.5. The van der Waals surface area contributed by atoms with Crippen LogP contribution in [-0.2, 0) is 23.9 Å². The fraction of sp³-hybridized carbons (Fsp3) is 0.387. The average molecular weight is 704 g/mol. The molecule has 1 atom stereocenters. The van der Waals surface area contributed by atoms with Crippen molar-refractivity contribution < 1.29 is 33.0 Å². The van der Waals surface area contributed by atoms with Gasteiger partial charge in [0.25, 0.3) is 5.91 Å². The van der Waals surface area contributed by atoms with Gasteiger partial charge >= 0.3 is 6.18 Å². The molecule has 0 bridgehead atoms. The zero-order valence-corrected chi connectivity index (χ0v) is 27.7. The highest BCUT2D eigenvalue weighted by Crippen LogP contribution is 2.34. The molecule has 3 N–H and O–H groups in total. The number of anilines is 3. The number of rotatable bonds is 8. The number of benzene rings is 1. The molecular weight excluding hydrogens is 671 g/mol. The number of aliphatic hydroxyl groups is 1. The van der Waals surface area contributed by atoms with Gasteiger partial charge in [-0.2, -0.15) is 13.2 Å². The van der Waals surface area contributed by atoms with Crippen molar-refractivity contribution in [1.29, 1.82) is 0 Å². The SMILES string of the molecule is CCc1c(N2CCN(C(=O)c3ncnc(C)c3O)C[C@@H]2CO)c(=O)c2nc(N(C)C)cnc2n1CC(=O)Nc1ccc(C(F)(F)F)cc1Cl. The van der Waals surface area contributed by atoms with E-state index >= 15 is 0 Å². The van der Waals surface area contributed by atoms with Crippen LogP contribution in [0.15, 0.2) is 35.5 Å². The summed E-state index contributed by atoms with van der Waals surface area (Å²) in [5.41, 5.74) is -0.940. The van der Waals surface area contributed by atoms with Gasteiger partial charge in [-0.05, 0) is 31.5 Å². The maximum atomic E-state index is 14.3. The highest BCUT2D eigenvalue weighted by atomic mass is 35.5. The highest BCUT2D eigenvalue weighted by molar-refractivity contribution is 6.33. The van der Waals surface area contributed by atoms with Crippen molar-refractivity contribution in [2.45, 2.75) is 39.0 Å². The Labute approximate surface area is 282 Å². The van der Waals surface area contributed by atoms with Crippen molar-refractivity contribution in [2.24, 2.45) is 0 Å². The molecule has 1 saturated heterocycles. The van der Waals surface area contributed by atoms with Gasteiger partial charge in [0, 0.05) is 39.4 Å². The Morgan fingerprint density at radius 1 is 1.16 bits per heavy atom. The lowest BCUT2D eigenvalue weighted by atomic mass is 10.1. The zero-order valence-electron chi connectivity index (χ0n) is 26.9. The number of hydrogen-bond acceptors (Lipinski definition) is 11. The minimum absolute atomic E-state index is 0.0330. The topological polar surface area (TPSA) is 170 Å². The Hall–Kier alpha value is -5.03. The third kappa shape index (κ3) is 6.94. The summed E-state index contributed by atoms with van der Waals surface area (Å²) in [6.07, 6.45) is -1.80. The van der Waals surface area contributed by atoms with Crippen molar-refractivity contribution in [3.63, 3.8) is 0 Å². The summed E-state index contributed by atoms with van der Waals surface area (Å²) < 4.78 is 41.0. The fourth-order valence-electron chi connectivity index (χ4n) is 5.65. The predicted molar refractivity (Wildman–Crippen MR) is 175 cm³/mol. The number of pyridine rings is 1. The molecule has 2 amide bonds. The van der Waals surface area contributed by atoms with Crippen LogP contribution in [0.1, 0.15) is 34.4 Å². The van der Waals surface area contributed by atoms with Crippen LogP contribution < -0.4 is 20.5 Å². The Balaban J connectivity index is 1.55. The zero-order chi connectivity index (χ0) is 35.8. The first kappa shape index (κ1) is 35.3. The molecule has 0 radical (unpaired) electrons. The lowest BCUT2D eigenvalue weighted by Gasteiger charge is -2.42. The maximum absolute atomic E-state index is 14.3. The summed E-state index contributed by atoms with van der Waals surface area (Å²) in [4.78, 5) is 62.6. The Bertz CT molecular complexity index is 1990. The van der Waals surface area contributed by atoms with Crippen molar-refractivity contribution in [3.05, 3.63) is 68.6 Å². The van der Waals surface area contributed by atoms with E-state index in [0.29, 0.717) is 17.6 Å². The van der Waals surface area contributed by atoms with Crippen LogP contribution in [0.2, 0.25) is 5.02 Å². The molecule has 0 aliphatic carbocycles. The van der Waals surface area contributed by atoms with Gasteiger partial charge in [-0.3, -0.25) is 14.4 Å². The minimum Gasteiger partial charge on any atom is -0.504 e. The number of carbonyl (C=O) groups excluding carboxylic acids is 2. The van der Waals surface area contributed by atoms with E-state index in [2.05, 4.69) is 25.3 Å². The molecule has 1 aliphatic rings. The molecule has 0 spiro atoms. The van der Waals surface area contributed by atoms with E-state index in [-0.39, 0.29) is 70.8 Å². The van der Waals surface area contributed by atoms with Gasteiger partial charge in [-0.25, -0.2) is 19.9 Å². The quantitative estimate of drug-likeness (QED) is 0.247. The number of aliphatic hydroxyl groups excluding tert-OH is 1. The summed E-state index contributed by atoms with van der Waals surface area (Å²) in [6.45, 7) is 2.56. The van der Waals surface area contributed by atoms with Crippen LogP contribution in [0.5, 0.6) is 5.75 Å². The van der Waals surface area contributed by atoms with Gasteiger partial charge in [0.2, 0.25) is 11.3 Å². The molecule has 260 valence electrons. The Morgan fingerprint density at radius 2 is 1.90 bits per heavy atom. The maximum Gasteiger partial charge on any atom is 0.416 e. The van der Waals surface area contributed by atoms with E-state index in [1.54, 1.807) is 30.8 Å². The van der Waals surface area contributed by atoms with Gasteiger partial charge in [0.1, 0.15) is 24.4 Å². The monoisotopic (exact) mass is 703 g/mol. The Kier molecular flexibility index (Phi) is 9.96. The summed E-state index contributed by atoms with van der Waals surface area (Å²) >= 11 is 6.08. The number of hydrogen-bond donors (Lipinski definition) is 3. The molecule has 5 rings (SSSR count). The second-order valence-electron chi connectivity index (χ2n) is 11.5. The third-order valence-corrected chi connectivity index (χ3v) is 8.48. The largest absolute Gasteiger partial charge is 0.504 e. The second kappa shape index (κ2) is 13.8. The molecule has 49 heavy (non-hydrogen) atoms. The molecule has 1 aliphatic heterocycles. The minimum atomic E-state index is -4.63. The lowest BCUT2D eigenvalue weighted by Crippen LogP contribution is -2.57. The van der Waals surface area contributed by atoms with Crippen molar-refractivity contribution in [2.75, 3.05) is 55.5 Å². The van der Waals surface area contributed by atoms with Crippen LogP contribution in [0.3, 0.4) is 0 Å². The molecule has 0 saturated carbocycles. The number of halogens is 4. The van der Waals surface area contributed by atoms with E-state index in [4.69, 9.17) is 11.6 Å². The normalized spacial score (nSPS) is 15.1. The number of carbonyl (C=O) groups is 2. The average Bonchev–Trinajstić information content (AvgIpc) is 3.06. The standard InChI is InChI=1S/C31H33ClF3N9O5/c1-5-21-26(43-9-8-42(12-18(43)14-45)30(49)25-27(47)16(2)37-15-38-25)28(48)24-29(36-11-22(40-24)41(3)4)44(21)13-23(46)39-20-7-6-17(10-19(20)32)31(33,34)35/h6-7,10-11,15,18,45,47H,5,8-9,12-14H2,1-4H3,(H,39,46)/t18-/m1/s1. The van der Waals surface area contributed by atoms with Crippen LogP contribution in [0.4, 0.5) is 30.4 Å². The molecule has 1 fully saturated rings. The number of alkyl halides is 3. The van der Waals surface area contributed by atoms with Crippen molar-refractivity contribution >= 4 is 51.8 Å². The smallest absolute Gasteiger partial charge is 0.416 e. The molecule has 4 heterocycles. The van der Waals surface area contributed by atoms with Crippen molar-refractivity contribution in [1.82, 2.24) is 29.4 Å². The molecular formula is C31H33ClF3N9O5. The van der Waals surface area contributed by atoms with Gasteiger partial charge in [0.05, 0.1) is 40.8 Å². The number of aromatic hydroxyl groups is 1. The van der Waals surface area contributed by atoms with Crippen LogP contribution in [0.25, 0.3) is 11.2 Å².